The van der Waals surface area contributed by atoms with Crippen molar-refractivity contribution in [3.05, 3.63) is 20.9 Å². The van der Waals surface area contributed by atoms with Crippen LogP contribution in [0.25, 0.3) is 0 Å². The van der Waals surface area contributed by atoms with Gasteiger partial charge in [0.15, 0.2) is 0 Å². The van der Waals surface area contributed by atoms with Crippen LogP contribution in [-0.2, 0) is 4.74 Å². The fourth-order valence-corrected chi connectivity index (χ4v) is 6.31. The van der Waals surface area contributed by atoms with Gasteiger partial charge in [-0.05, 0) is 94.0 Å². The molecule has 2 fully saturated rings. The standard InChI is InChI=1S/C23H38IN5O/c1-22(2)9-8-15(14-23(3,4)28-22)25-20-16-12-19(30-5)17(24)13-18(16)26-21(27-20)29-10-6-7-11-29/h13,15,19-20,25,28H,6-12,14H2,1-5H3,(H,26,27). The first-order valence-electron chi connectivity index (χ1n) is 11.4. The average molecular weight is 527 g/mol. The number of hydrogen-bond acceptors (Lipinski definition) is 6. The van der Waals surface area contributed by atoms with Gasteiger partial charge in [-0.25, -0.2) is 4.99 Å². The Morgan fingerprint density at radius 2 is 1.93 bits per heavy atom. The van der Waals surface area contributed by atoms with E-state index in [1.807, 2.05) is 7.11 Å². The summed E-state index contributed by atoms with van der Waals surface area (Å²) in [5.41, 5.74) is 2.72. The molecule has 3 aliphatic heterocycles. The third-order valence-electron chi connectivity index (χ3n) is 6.81. The molecular formula is C23H38IN5O. The molecule has 168 valence electrons. The van der Waals surface area contributed by atoms with E-state index in [4.69, 9.17) is 9.73 Å². The van der Waals surface area contributed by atoms with E-state index in [0.29, 0.717) is 6.04 Å². The molecule has 0 aromatic heterocycles. The molecule has 30 heavy (non-hydrogen) atoms. The zero-order valence-corrected chi connectivity index (χ0v) is 21.3. The van der Waals surface area contributed by atoms with Crippen molar-refractivity contribution in [1.82, 2.24) is 20.9 Å². The number of halogens is 1. The van der Waals surface area contributed by atoms with Gasteiger partial charge in [-0.3, -0.25) is 5.32 Å². The Bertz CT molecular complexity index is 751. The lowest BCUT2D eigenvalue weighted by Crippen LogP contribution is -2.58. The summed E-state index contributed by atoms with van der Waals surface area (Å²) < 4.78 is 7.00. The van der Waals surface area contributed by atoms with Crippen molar-refractivity contribution in [2.24, 2.45) is 4.99 Å². The Kier molecular flexibility index (Phi) is 6.55. The topological polar surface area (TPSA) is 60.9 Å². The number of methoxy groups -OCH3 is 1. The van der Waals surface area contributed by atoms with Gasteiger partial charge in [0.05, 0.1) is 11.8 Å². The van der Waals surface area contributed by atoms with E-state index in [2.05, 4.69) is 77.2 Å². The van der Waals surface area contributed by atoms with Crippen LogP contribution < -0.4 is 16.0 Å². The van der Waals surface area contributed by atoms with Crippen LogP contribution in [0.15, 0.2) is 25.9 Å². The molecule has 0 aromatic carbocycles. The number of aliphatic imine (C=N–C) groups is 1. The fourth-order valence-electron chi connectivity index (χ4n) is 5.54. The van der Waals surface area contributed by atoms with Crippen LogP contribution in [0, 0.1) is 0 Å². The van der Waals surface area contributed by atoms with Crippen molar-refractivity contribution >= 4 is 28.6 Å². The monoisotopic (exact) mass is 527 g/mol. The second-order valence-corrected chi connectivity index (χ2v) is 11.8. The summed E-state index contributed by atoms with van der Waals surface area (Å²) in [6.45, 7) is 11.5. The Hall–Kier alpha value is -0.640. The SMILES string of the molecule is COC1CC2=C(C=C1I)N=C(N1CCCC1)NC2NC1CCC(C)(C)NC(C)(C)C1. The number of ether oxygens (including phenoxy) is 1. The summed E-state index contributed by atoms with van der Waals surface area (Å²) in [5, 5.41) is 11.6. The number of guanidine groups is 1. The minimum Gasteiger partial charge on any atom is -0.376 e. The number of likely N-dealkylation sites (tertiary alicyclic amines) is 1. The lowest BCUT2D eigenvalue weighted by atomic mass is 9.92. The summed E-state index contributed by atoms with van der Waals surface area (Å²) in [7, 11) is 1.81. The van der Waals surface area contributed by atoms with Crippen molar-refractivity contribution < 1.29 is 4.74 Å². The van der Waals surface area contributed by atoms with E-state index in [1.165, 1.54) is 28.4 Å². The molecule has 1 aliphatic carbocycles. The first-order chi connectivity index (χ1) is 14.2. The van der Waals surface area contributed by atoms with Gasteiger partial charge < -0.3 is 20.3 Å². The number of rotatable bonds is 3. The van der Waals surface area contributed by atoms with Crippen molar-refractivity contribution in [3.8, 4) is 0 Å². The lowest BCUT2D eigenvalue weighted by molar-refractivity contribution is 0.135. The molecule has 3 N–H and O–H groups in total. The van der Waals surface area contributed by atoms with Crippen LogP contribution in [0.3, 0.4) is 0 Å². The minimum atomic E-state index is 0.103. The predicted molar refractivity (Wildman–Crippen MR) is 132 cm³/mol. The second kappa shape index (κ2) is 8.71. The predicted octanol–water partition coefficient (Wildman–Crippen LogP) is 3.65. The van der Waals surface area contributed by atoms with Crippen LogP contribution in [0.5, 0.6) is 0 Å². The van der Waals surface area contributed by atoms with E-state index in [0.717, 1.165) is 44.0 Å². The van der Waals surface area contributed by atoms with E-state index in [1.54, 1.807) is 0 Å². The molecule has 7 heteroatoms. The third-order valence-corrected chi connectivity index (χ3v) is 7.81. The van der Waals surface area contributed by atoms with Crippen molar-refractivity contribution in [3.63, 3.8) is 0 Å². The van der Waals surface area contributed by atoms with Gasteiger partial charge in [0.2, 0.25) is 5.96 Å². The molecular weight excluding hydrogens is 489 g/mol. The number of allylic oxidation sites excluding steroid dienone is 1. The summed E-state index contributed by atoms with van der Waals surface area (Å²) in [4.78, 5) is 7.45. The zero-order valence-electron chi connectivity index (χ0n) is 19.1. The molecule has 3 heterocycles. The zero-order chi connectivity index (χ0) is 21.5. The van der Waals surface area contributed by atoms with Gasteiger partial charge in [0, 0.05) is 47.3 Å². The van der Waals surface area contributed by atoms with Gasteiger partial charge in [-0.1, -0.05) is 0 Å². The quantitative estimate of drug-likeness (QED) is 0.490. The average Bonchev–Trinajstić information content (AvgIpc) is 3.15. The van der Waals surface area contributed by atoms with Crippen molar-refractivity contribution in [1.29, 1.82) is 0 Å². The number of hydrogen-bond donors (Lipinski definition) is 3. The Morgan fingerprint density at radius 1 is 1.20 bits per heavy atom. The molecule has 3 unspecified atom stereocenters. The van der Waals surface area contributed by atoms with Crippen LogP contribution in [0.4, 0.5) is 0 Å². The molecule has 0 bridgehead atoms. The maximum Gasteiger partial charge on any atom is 0.200 e. The molecule has 6 nitrogen and oxygen atoms in total. The Labute approximate surface area is 195 Å². The number of nitrogens with zero attached hydrogens (tertiary/aromatic N) is 2. The van der Waals surface area contributed by atoms with Crippen LogP contribution >= 0.6 is 22.6 Å². The first kappa shape index (κ1) is 22.6. The highest BCUT2D eigenvalue weighted by molar-refractivity contribution is 14.1. The maximum absolute atomic E-state index is 5.76. The van der Waals surface area contributed by atoms with Crippen molar-refractivity contribution in [2.75, 3.05) is 20.2 Å². The molecule has 4 rings (SSSR count). The van der Waals surface area contributed by atoms with Gasteiger partial charge in [-0.2, -0.15) is 0 Å². The maximum atomic E-state index is 5.76. The van der Waals surface area contributed by atoms with E-state index in [9.17, 15) is 0 Å². The first-order valence-corrected chi connectivity index (χ1v) is 12.5. The fraction of sp³-hybridized carbons (Fsp3) is 0.783. The van der Waals surface area contributed by atoms with Crippen molar-refractivity contribution in [2.45, 2.75) is 95.6 Å². The summed E-state index contributed by atoms with van der Waals surface area (Å²) >= 11 is 2.41. The van der Waals surface area contributed by atoms with Crippen LogP contribution in [0.1, 0.15) is 66.2 Å². The molecule has 0 amide bonds. The Balaban J connectivity index is 1.59. The Morgan fingerprint density at radius 3 is 2.63 bits per heavy atom. The molecule has 3 atom stereocenters. The van der Waals surface area contributed by atoms with Crippen LogP contribution in [0.2, 0.25) is 0 Å². The van der Waals surface area contributed by atoms with Gasteiger partial charge in [-0.15, -0.1) is 0 Å². The summed E-state index contributed by atoms with van der Waals surface area (Å²) in [5.74, 6) is 1.03. The highest BCUT2D eigenvalue weighted by Crippen LogP contribution is 2.35. The second-order valence-electron chi connectivity index (χ2n) is 10.6. The van der Waals surface area contributed by atoms with E-state index in [-0.39, 0.29) is 23.3 Å². The van der Waals surface area contributed by atoms with Gasteiger partial charge >= 0.3 is 0 Å². The molecule has 0 radical (unpaired) electrons. The molecule has 0 aromatic rings. The molecule has 0 saturated carbocycles. The normalized spacial score (nSPS) is 33.4. The van der Waals surface area contributed by atoms with E-state index >= 15 is 0 Å². The highest BCUT2D eigenvalue weighted by Gasteiger charge is 2.38. The van der Waals surface area contributed by atoms with Gasteiger partial charge in [0.1, 0.15) is 6.17 Å². The highest BCUT2D eigenvalue weighted by atomic mass is 127. The minimum absolute atomic E-state index is 0.103. The molecule has 2 saturated heterocycles. The third kappa shape index (κ3) is 5.05. The smallest absolute Gasteiger partial charge is 0.200 e. The summed E-state index contributed by atoms with van der Waals surface area (Å²) in [6, 6.07) is 0.449. The van der Waals surface area contributed by atoms with E-state index < -0.39 is 0 Å². The summed E-state index contributed by atoms with van der Waals surface area (Å²) in [6.07, 6.45) is 9.29. The van der Waals surface area contributed by atoms with Gasteiger partial charge in [0.25, 0.3) is 0 Å². The molecule has 0 spiro atoms. The number of nitrogens with one attached hydrogen (secondary N) is 3. The molecule has 4 aliphatic rings. The van der Waals surface area contributed by atoms with Crippen LogP contribution in [-0.4, -0.2) is 60.4 Å². The lowest BCUT2D eigenvalue weighted by Gasteiger charge is -2.39. The largest absolute Gasteiger partial charge is 0.376 e.